The van der Waals surface area contributed by atoms with Crippen LogP contribution in [0.25, 0.3) is 5.57 Å². The standard InChI is InChI=1S/C21H26N4O2/c26-12-9-22-21-23-19(18-8-13-27-15-18)14-20(24-21)25-10-6-17(7-11-25)16-4-2-1-3-5-16/h1-6,14,18,26H,7-13,15H2,(H,22,23,24)/t18-/m0/s1. The Hall–Kier alpha value is -2.44. The molecule has 0 bridgehead atoms. The lowest BCUT2D eigenvalue weighted by molar-refractivity contribution is 0.193. The highest BCUT2D eigenvalue weighted by atomic mass is 16.5. The molecular weight excluding hydrogens is 340 g/mol. The second-order valence-corrected chi connectivity index (χ2v) is 6.98. The van der Waals surface area contributed by atoms with Crippen LogP contribution in [0, 0.1) is 0 Å². The average molecular weight is 366 g/mol. The summed E-state index contributed by atoms with van der Waals surface area (Å²) in [5.41, 5.74) is 3.72. The molecule has 27 heavy (non-hydrogen) atoms. The number of nitrogens with zero attached hydrogens (tertiary/aromatic N) is 3. The van der Waals surface area contributed by atoms with Crippen molar-refractivity contribution >= 4 is 17.3 Å². The van der Waals surface area contributed by atoms with E-state index in [-0.39, 0.29) is 6.61 Å². The minimum Gasteiger partial charge on any atom is -0.395 e. The minimum absolute atomic E-state index is 0.0579. The Labute approximate surface area is 159 Å². The molecule has 0 saturated carbocycles. The van der Waals surface area contributed by atoms with Gasteiger partial charge >= 0.3 is 0 Å². The summed E-state index contributed by atoms with van der Waals surface area (Å²) in [7, 11) is 0. The molecule has 2 N–H and O–H groups in total. The van der Waals surface area contributed by atoms with E-state index in [9.17, 15) is 0 Å². The average Bonchev–Trinajstić information content (AvgIpc) is 3.28. The predicted molar refractivity (Wildman–Crippen MR) is 107 cm³/mol. The molecular formula is C21H26N4O2. The zero-order chi connectivity index (χ0) is 18.5. The summed E-state index contributed by atoms with van der Waals surface area (Å²) < 4.78 is 5.54. The molecule has 2 aromatic rings. The van der Waals surface area contributed by atoms with Gasteiger partial charge in [0.05, 0.1) is 18.9 Å². The van der Waals surface area contributed by atoms with Crippen LogP contribution in [0.15, 0.2) is 42.5 Å². The third kappa shape index (κ3) is 4.28. The summed E-state index contributed by atoms with van der Waals surface area (Å²) in [4.78, 5) is 11.6. The smallest absolute Gasteiger partial charge is 0.224 e. The number of ether oxygens (including phenoxy) is 1. The first-order chi connectivity index (χ1) is 13.3. The van der Waals surface area contributed by atoms with Gasteiger partial charge in [-0.15, -0.1) is 0 Å². The quantitative estimate of drug-likeness (QED) is 0.819. The zero-order valence-electron chi connectivity index (χ0n) is 15.5. The number of aromatic nitrogens is 2. The van der Waals surface area contributed by atoms with E-state index in [0.29, 0.717) is 25.0 Å². The number of anilines is 2. The van der Waals surface area contributed by atoms with Crippen LogP contribution < -0.4 is 10.2 Å². The Morgan fingerprint density at radius 1 is 1.22 bits per heavy atom. The predicted octanol–water partition coefficient (Wildman–Crippen LogP) is 2.68. The molecule has 142 valence electrons. The molecule has 1 atom stereocenters. The van der Waals surface area contributed by atoms with E-state index in [0.717, 1.165) is 44.0 Å². The monoisotopic (exact) mass is 366 g/mol. The van der Waals surface area contributed by atoms with E-state index in [4.69, 9.17) is 9.84 Å². The summed E-state index contributed by atoms with van der Waals surface area (Å²) in [5, 5.41) is 12.2. The fourth-order valence-electron chi connectivity index (χ4n) is 3.63. The number of aliphatic hydroxyl groups excluding tert-OH is 1. The van der Waals surface area contributed by atoms with E-state index in [2.05, 4.69) is 62.7 Å². The highest BCUT2D eigenvalue weighted by Gasteiger charge is 2.23. The maximum atomic E-state index is 9.11. The highest BCUT2D eigenvalue weighted by molar-refractivity contribution is 5.68. The Morgan fingerprint density at radius 3 is 2.81 bits per heavy atom. The molecule has 0 spiro atoms. The number of hydrogen-bond acceptors (Lipinski definition) is 6. The molecule has 1 aromatic carbocycles. The molecule has 3 heterocycles. The zero-order valence-corrected chi connectivity index (χ0v) is 15.5. The number of aliphatic hydroxyl groups is 1. The molecule has 6 heteroatoms. The number of nitrogens with one attached hydrogen (secondary N) is 1. The fraction of sp³-hybridized carbons (Fsp3) is 0.429. The Bertz CT molecular complexity index is 788. The molecule has 6 nitrogen and oxygen atoms in total. The second kappa shape index (κ2) is 8.50. The van der Waals surface area contributed by atoms with Gasteiger partial charge in [-0.25, -0.2) is 4.98 Å². The van der Waals surface area contributed by atoms with Crippen molar-refractivity contribution < 1.29 is 9.84 Å². The van der Waals surface area contributed by atoms with Crippen LogP contribution in [0.5, 0.6) is 0 Å². The third-order valence-corrected chi connectivity index (χ3v) is 5.15. The molecule has 0 radical (unpaired) electrons. The Morgan fingerprint density at radius 2 is 2.11 bits per heavy atom. The third-order valence-electron chi connectivity index (χ3n) is 5.15. The van der Waals surface area contributed by atoms with Gasteiger partial charge in [-0.3, -0.25) is 0 Å². The topological polar surface area (TPSA) is 70.5 Å². The van der Waals surface area contributed by atoms with Crippen molar-refractivity contribution in [3.63, 3.8) is 0 Å². The molecule has 0 aliphatic carbocycles. The molecule has 1 saturated heterocycles. The van der Waals surface area contributed by atoms with Crippen molar-refractivity contribution in [3.05, 3.63) is 53.7 Å². The van der Waals surface area contributed by atoms with Crippen LogP contribution in [0.2, 0.25) is 0 Å². The van der Waals surface area contributed by atoms with Gasteiger partial charge in [-0.05, 0) is 24.0 Å². The molecule has 1 fully saturated rings. The second-order valence-electron chi connectivity index (χ2n) is 6.98. The van der Waals surface area contributed by atoms with E-state index in [1.54, 1.807) is 0 Å². The first-order valence-corrected chi connectivity index (χ1v) is 9.64. The summed E-state index contributed by atoms with van der Waals surface area (Å²) in [6.45, 7) is 3.77. The lowest BCUT2D eigenvalue weighted by Gasteiger charge is -2.28. The van der Waals surface area contributed by atoms with Crippen molar-refractivity contribution in [1.29, 1.82) is 0 Å². The minimum atomic E-state index is 0.0579. The number of hydrogen-bond donors (Lipinski definition) is 2. The van der Waals surface area contributed by atoms with Crippen LogP contribution in [0.4, 0.5) is 11.8 Å². The van der Waals surface area contributed by atoms with Crippen molar-refractivity contribution in [3.8, 4) is 0 Å². The van der Waals surface area contributed by atoms with Gasteiger partial charge in [0.1, 0.15) is 5.82 Å². The van der Waals surface area contributed by atoms with Crippen LogP contribution in [0.3, 0.4) is 0 Å². The number of benzene rings is 1. The van der Waals surface area contributed by atoms with E-state index >= 15 is 0 Å². The van der Waals surface area contributed by atoms with E-state index in [1.807, 2.05) is 0 Å². The van der Waals surface area contributed by atoms with Gasteiger partial charge in [-0.2, -0.15) is 4.98 Å². The van der Waals surface area contributed by atoms with Gasteiger partial charge in [0.15, 0.2) is 0 Å². The van der Waals surface area contributed by atoms with Crippen molar-refractivity contribution in [2.75, 3.05) is 49.7 Å². The summed E-state index contributed by atoms with van der Waals surface area (Å²) in [5.74, 6) is 1.85. The van der Waals surface area contributed by atoms with Gasteiger partial charge in [0.25, 0.3) is 0 Å². The van der Waals surface area contributed by atoms with Crippen molar-refractivity contribution in [2.24, 2.45) is 0 Å². The Balaban J connectivity index is 1.55. The van der Waals surface area contributed by atoms with Crippen LogP contribution >= 0.6 is 0 Å². The SMILES string of the molecule is OCCNc1nc([C@H]2CCOC2)cc(N2CC=C(c3ccccc3)CC2)n1. The largest absolute Gasteiger partial charge is 0.395 e. The maximum Gasteiger partial charge on any atom is 0.224 e. The fourth-order valence-corrected chi connectivity index (χ4v) is 3.63. The van der Waals surface area contributed by atoms with E-state index < -0.39 is 0 Å². The maximum absolute atomic E-state index is 9.11. The highest BCUT2D eigenvalue weighted by Crippen LogP contribution is 2.29. The molecule has 1 aromatic heterocycles. The lowest BCUT2D eigenvalue weighted by atomic mass is 9.99. The summed E-state index contributed by atoms with van der Waals surface area (Å²) in [6.07, 6.45) is 4.28. The Kier molecular flexibility index (Phi) is 5.65. The van der Waals surface area contributed by atoms with Crippen LogP contribution in [0.1, 0.15) is 30.0 Å². The van der Waals surface area contributed by atoms with Crippen LogP contribution in [-0.2, 0) is 4.74 Å². The van der Waals surface area contributed by atoms with E-state index in [1.165, 1.54) is 11.1 Å². The molecule has 0 amide bonds. The summed E-state index contributed by atoms with van der Waals surface area (Å²) >= 11 is 0. The van der Waals surface area contributed by atoms with Crippen molar-refractivity contribution in [2.45, 2.75) is 18.8 Å². The normalized spacial score (nSPS) is 19.8. The van der Waals surface area contributed by atoms with Crippen LogP contribution in [-0.4, -0.2) is 54.5 Å². The molecule has 2 aliphatic rings. The first kappa shape index (κ1) is 17.9. The molecule has 0 unspecified atom stereocenters. The molecule has 2 aliphatic heterocycles. The lowest BCUT2D eigenvalue weighted by Crippen LogP contribution is -2.29. The van der Waals surface area contributed by atoms with Gasteiger partial charge in [-0.1, -0.05) is 36.4 Å². The van der Waals surface area contributed by atoms with Crippen molar-refractivity contribution in [1.82, 2.24) is 9.97 Å². The number of rotatable bonds is 6. The summed E-state index contributed by atoms with van der Waals surface area (Å²) in [6, 6.07) is 12.7. The van der Waals surface area contributed by atoms with Gasteiger partial charge in [0.2, 0.25) is 5.95 Å². The van der Waals surface area contributed by atoms with Gasteiger partial charge < -0.3 is 20.1 Å². The first-order valence-electron chi connectivity index (χ1n) is 9.64. The molecule has 4 rings (SSSR count). The van der Waals surface area contributed by atoms with Gasteiger partial charge in [0, 0.05) is 38.2 Å².